The van der Waals surface area contributed by atoms with Crippen molar-refractivity contribution in [1.82, 2.24) is 9.88 Å². The van der Waals surface area contributed by atoms with E-state index in [1.165, 1.54) is 0 Å². The molecule has 7 heteroatoms. The molecule has 1 saturated heterocycles. The molecule has 2 heterocycles. The summed E-state index contributed by atoms with van der Waals surface area (Å²) < 4.78 is 16.1. The molecule has 1 aliphatic heterocycles. The van der Waals surface area contributed by atoms with Crippen molar-refractivity contribution >= 4 is 28.3 Å². The number of carbonyl (C=O) groups excluding carboxylic acids is 1. The zero-order valence-corrected chi connectivity index (χ0v) is 16.5. The first-order valence-corrected chi connectivity index (χ1v) is 9.45. The summed E-state index contributed by atoms with van der Waals surface area (Å²) in [6, 6.07) is 14.9. The number of benzene rings is 2. The summed E-state index contributed by atoms with van der Waals surface area (Å²) in [4.78, 5) is 19.7. The lowest BCUT2D eigenvalue weighted by molar-refractivity contribution is 0.0304. The molecule has 1 amide bonds. The van der Waals surface area contributed by atoms with Crippen molar-refractivity contribution in [1.29, 1.82) is 0 Å². The van der Waals surface area contributed by atoms with Crippen LogP contribution in [0.5, 0.6) is 11.5 Å². The van der Waals surface area contributed by atoms with Crippen LogP contribution in [0, 0.1) is 0 Å². The smallest absolute Gasteiger partial charge is 0.254 e. The third-order valence-corrected chi connectivity index (χ3v) is 4.92. The topological polar surface area (TPSA) is 72.9 Å². The van der Waals surface area contributed by atoms with Crippen molar-refractivity contribution < 1.29 is 19.0 Å². The largest absolute Gasteiger partial charge is 0.497 e. The van der Waals surface area contributed by atoms with Crippen molar-refractivity contribution in [3.05, 3.63) is 54.1 Å². The van der Waals surface area contributed by atoms with Crippen LogP contribution in [0.2, 0.25) is 0 Å². The molecular weight excluding hydrogens is 370 g/mol. The van der Waals surface area contributed by atoms with Gasteiger partial charge in [-0.2, -0.15) is 0 Å². The second kappa shape index (κ2) is 8.36. The van der Waals surface area contributed by atoms with E-state index >= 15 is 0 Å². The van der Waals surface area contributed by atoms with Crippen molar-refractivity contribution in [3.63, 3.8) is 0 Å². The Bertz CT molecular complexity index is 1030. The quantitative estimate of drug-likeness (QED) is 0.716. The number of aromatic nitrogens is 1. The lowest BCUT2D eigenvalue weighted by atomic mass is 10.1. The van der Waals surface area contributed by atoms with E-state index in [2.05, 4.69) is 10.3 Å². The predicted octanol–water partition coefficient (Wildman–Crippen LogP) is 3.47. The number of ether oxygens (including phenoxy) is 3. The molecule has 0 unspecified atom stereocenters. The number of nitrogens with one attached hydrogen (secondary N) is 1. The maximum atomic E-state index is 13.2. The minimum atomic E-state index is -0.0170. The van der Waals surface area contributed by atoms with E-state index in [1.54, 1.807) is 26.4 Å². The lowest BCUT2D eigenvalue weighted by Crippen LogP contribution is -2.40. The average Bonchev–Trinajstić information content (AvgIpc) is 2.79. The van der Waals surface area contributed by atoms with Gasteiger partial charge in [-0.05, 0) is 24.3 Å². The van der Waals surface area contributed by atoms with Crippen LogP contribution >= 0.6 is 0 Å². The first-order valence-electron chi connectivity index (χ1n) is 9.45. The van der Waals surface area contributed by atoms with Gasteiger partial charge in [0.05, 0.1) is 44.2 Å². The highest BCUT2D eigenvalue weighted by molar-refractivity contribution is 6.07. The minimum Gasteiger partial charge on any atom is -0.497 e. The van der Waals surface area contributed by atoms with Crippen molar-refractivity contribution in [2.45, 2.75) is 0 Å². The summed E-state index contributed by atoms with van der Waals surface area (Å²) in [5, 5.41) is 4.11. The highest BCUT2D eigenvalue weighted by atomic mass is 16.5. The van der Waals surface area contributed by atoms with E-state index in [-0.39, 0.29) is 5.91 Å². The molecule has 3 aromatic rings. The van der Waals surface area contributed by atoms with E-state index in [0.29, 0.717) is 49.2 Å². The number of pyridine rings is 1. The van der Waals surface area contributed by atoms with Gasteiger partial charge in [0, 0.05) is 24.5 Å². The number of hydrogen-bond donors (Lipinski definition) is 1. The van der Waals surface area contributed by atoms with E-state index in [4.69, 9.17) is 14.2 Å². The first kappa shape index (κ1) is 19.0. The number of amides is 1. The molecule has 29 heavy (non-hydrogen) atoms. The molecule has 0 bridgehead atoms. The molecule has 0 radical (unpaired) electrons. The van der Waals surface area contributed by atoms with Crippen LogP contribution in [0.25, 0.3) is 10.9 Å². The first-order chi connectivity index (χ1) is 14.2. The molecule has 0 aliphatic carbocycles. The lowest BCUT2D eigenvalue weighted by Gasteiger charge is -2.27. The third-order valence-electron chi connectivity index (χ3n) is 4.92. The van der Waals surface area contributed by atoms with Crippen LogP contribution in [0.3, 0.4) is 0 Å². The van der Waals surface area contributed by atoms with Gasteiger partial charge in [0.15, 0.2) is 0 Å². The van der Waals surface area contributed by atoms with Gasteiger partial charge < -0.3 is 24.4 Å². The second-order valence-electron chi connectivity index (χ2n) is 6.67. The number of hydrogen-bond acceptors (Lipinski definition) is 6. The molecular formula is C22H23N3O4. The van der Waals surface area contributed by atoms with Crippen LogP contribution in [-0.2, 0) is 4.74 Å². The average molecular weight is 393 g/mol. The van der Waals surface area contributed by atoms with E-state index in [1.807, 2.05) is 41.3 Å². The molecule has 150 valence electrons. The Morgan fingerprint density at radius 2 is 1.86 bits per heavy atom. The van der Waals surface area contributed by atoms with Crippen LogP contribution in [0.1, 0.15) is 10.4 Å². The van der Waals surface area contributed by atoms with Gasteiger partial charge in [0.25, 0.3) is 5.91 Å². The molecule has 0 atom stereocenters. The number of nitrogens with zero attached hydrogens (tertiary/aromatic N) is 2. The minimum absolute atomic E-state index is 0.0170. The zero-order valence-electron chi connectivity index (χ0n) is 16.5. The Labute approximate surface area is 169 Å². The van der Waals surface area contributed by atoms with E-state index in [9.17, 15) is 4.79 Å². The van der Waals surface area contributed by atoms with Gasteiger partial charge in [-0.1, -0.05) is 18.2 Å². The number of anilines is 2. The standard InChI is InChI=1S/C22H23N3O4/c1-27-15-7-8-19(20(13-15)28-2)24-21-14-17(16-5-3-4-6-18(16)23-21)22(26)25-9-11-29-12-10-25/h3-8,13-14H,9-12H2,1-2H3,(H,23,24). The Balaban J connectivity index is 1.73. The van der Waals surface area contributed by atoms with Crippen LogP contribution in [0.15, 0.2) is 48.5 Å². The van der Waals surface area contributed by atoms with E-state index < -0.39 is 0 Å². The van der Waals surface area contributed by atoms with Crippen LogP contribution < -0.4 is 14.8 Å². The summed E-state index contributed by atoms with van der Waals surface area (Å²) in [6.45, 7) is 2.29. The van der Waals surface area contributed by atoms with Gasteiger partial charge in [-0.3, -0.25) is 4.79 Å². The molecule has 1 N–H and O–H groups in total. The van der Waals surface area contributed by atoms with Gasteiger partial charge in [-0.25, -0.2) is 4.98 Å². The maximum absolute atomic E-state index is 13.2. The number of methoxy groups -OCH3 is 2. The summed E-state index contributed by atoms with van der Waals surface area (Å²) in [5.74, 6) is 1.88. The molecule has 1 aromatic heterocycles. The summed E-state index contributed by atoms with van der Waals surface area (Å²) in [6.07, 6.45) is 0. The summed E-state index contributed by atoms with van der Waals surface area (Å²) in [7, 11) is 3.21. The Hall–Kier alpha value is -3.32. The monoisotopic (exact) mass is 393 g/mol. The highest BCUT2D eigenvalue weighted by Crippen LogP contribution is 2.32. The fourth-order valence-electron chi connectivity index (χ4n) is 3.39. The van der Waals surface area contributed by atoms with Crippen LogP contribution in [-0.4, -0.2) is 56.3 Å². The van der Waals surface area contributed by atoms with Gasteiger partial charge in [0.2, 0.25) is 0 Å². The maximum Gasteiger partial charge on any atom is 0.254 e. The Kier molecular flexibility index (Phi) is 5.48. The summed E-state index contributed by atoms with van der Waals surface area (Å²) in [5.41, 5.74) is 2.11. The molecule has 0 spiro atoms. The Morgan fingerprint density at radius 3 is 2.62 bits per heavy atom. The number of morpholine rings is 1. The van der Waals surface area contributed by atoms with Crippen molar-refractivity contribution in [2.24, 2.45) is 0 Å². The fourth-order valence-corrected chi connectivity index (χ4v) is 3.39. The number of fused-ring (bicyclic) bond motifs is 1. The van der Waals surface area contributed by atoms with Gasteiger partial charge >= 0.3 is 0 Å². The molecule has 1 aliphatic rings. The number of para-hydroxylation sites is 1. The number of rotatable bonds is 5. The zero-order chi connectivity index (χ0) is 20.2. The number of carbonyl (C=O) groups is 1. The molecule has 7 nitrogen and oxygen atoms in total. The predicted molar refractivity (Wildman–Crippen MR) is 111 cm³/mol. The fraction of sp³-hybridized carbons (Fsp3) is 0.273. The Morgan fingerprint density at radius 1 is 1.07 bits per heavy atom. The van der Waals surface area contributed by atoms with Crippen molar-refractivity contribution in [2.75, 3.05) is 45.8 Å². The molecule has 0 saturated carbocycles. The summed E-state index contributed by atoms with van der Waals surface area (Å²) >= 11 is 0. The molecule has 2 aromatic carbocycles. The molecule has 4 rings (SSSR count). The molecule has 1 fully saturated rings. The van der Waals surface area contributed by atoms with Gasteiger partial charge in [-0.15, -0.1) is 0 Å². The van der Waals surface area contributed by atoms with E-state index in [0.717, 1.165) is 16.6 Å². The SMILES string of the molecule is COc1ccc(Nc2cc(C(=O)N3CCOCC3)c3ccccc3n2)c(OC)c1. The second-order valence-corrected chi connectivity index (χ2v) is 6.67. The third kappa shape index (κ3) is 3.95. The van der Waals surface area contributed by atoms with Crippen molar-refractivity contribution in [3.8, 4) is 11.5 Å². The van der Waals surface area contributed by atoms with Gasteiger partial charge in [0.1, 0.15) is 17.3 Å². The highest BCUT2D eigenvalue weighted by Gasteiger charge is 2.21. The van der Waals surface area contributed by atoms with Crippen LogP contribution in [0.4, 0.5) is 11.5 Å². The normalized spacial score (nSPS) is 13.9.